The summed E-state index contributed by atoms with van der Waals surface area (Å²) in [6.07, 6.45) is 0. The van der Waals surface area contributed by atoms with E-state index in [1.807, 2.05) is 0 Å². The van der Waals surface area contributed by atoms with Crippen molar-refractivity contribution in [3.05, 3.63) is 38.7 Å². The molecular weight excluding hydrogens is 276 g/mol. The van der Waals surface area contributed by atoms with Gasteiger partial charge in [-0.3, -0.25) is 4.79 Å². The minimum Gasteiger partial charge on any atom is -0.464 e. The lowest BCUT2D eigenvalue weighted by Crippen LogP contribution is -2.21. The number of hydrogen-bond acceptors (Lipinski definition) is 4. The molecule has 16 heavy (non-hydrogen) atoms. The Bertz CT molecular complexity index is 621. The van der Waals surface area contributed by atoms with Gasteiger partial charge in [-0.2, -0.15) is 0 Å². The average molecular weight is 283 g/mol. The number of ether oxygens (including phenoxy) is 1. The number of esters is 1. The van der Waals surface area contributed by atoms with Crippen LogP contribution in [0.2, 0.25) is 0 Å². The third-order valence-electron chi connectivity index (χ3n) is 2.03. The van der Waals surface area contributed by atoms with Crippen molar-refractivity contribution < 1.29 is 9.53 Å². The monoisotopic (exact) mass is 282 g/mol. The van der Waals surface area contributed by atoms with Crippen LogP contribution in [-0.2, 0) is 4.74 Å². The molecule has 1 heterocycles. The molecular formula is C10H7BrN2O3. The topological polar surface area (TPSA) is 72.0 Å². The molecule has 0 fully saturated rings. The van der Waals surface area contributed by atoms with Crippen molar-refractivity contribution >= 4 is 32.9 Å². The Morgan fingerprint density at radius 3 is 2.94 bits per heavy atom. The minimum absolute atomic E-state index is 0.242. The first-order chi connectivity index (χ1) is 7.61. The number of halogens is 1. The van der Waals surface area contributed by atoms with Gasteiger partial charge in [0, 0.05) is 4.47 Å². The van der Waals surface area contributed by atoms with Crippen LogP contribution >= 0.6 is 15.9 Å². The van der Waals surface area contributed by atoms with E-state index in [1.54, 1.807) is 18.2 Å². The van der Waals surface area contributed by atoms with E-state index < -0.39 is 11.5 Å². The lowest BCUT2D eigenvalue weighted by molar-refractivity contribution is 0.0592. The quantitative estimate of drug-likeness (QED) is 0.804. The first-order valence-corrected chi connectivity index (χ1v) is 5.19. The molecule has 0 aliphatic rings. The summed E-state index contributed by atoms with van der Waals surface area (Å²) >= 11 is 3.28. The first kappa shape index (κ1) is 10.8. The zero-order chi connectivity index (χ0) is 11.7. The number of carbonyl (C=O) groups excluding carboxylic acids is 1. The molecule has 0 saturated carbocycles. The summed E-state index contributed by atoms with van der Waals surface area (Å²) in [5.41, 5.74) is 0.296. The second-order valence-corrected chi connectivity index (χ2v) is 3.98. The van der Waals surface area contributed by atoms with Gasteiger partial charge in [-0.15, -0.1) is 0 Å². The molecule has 1 aromatic heterocycles. The van der Waals surface area contributed by atoms with Crippen LogP contribution in [0.3, 0.4) is 0 Å². The average Bonchev–Trinajstić information content (AvgIpc) is 2.28. The fourth-order valence-corrected chi connectivity index (χ4v) is 1.64. The summed E-state index contributed by atoms with van der Waals surface area (Å²) in [4.78, 5) is 29.3. The zero-order valence-corrected chi connectivity index (χ0v) is 9.87. The Labute approximate surface area is 98.6 Å². The van der Waals surface area contributed by atoms with Crippen molar-refractivity contribution in [1.82, 2.24) is 9.97 Å². The molecule has 2 rings (SSSR count). The minimum atomic E-state index is -0.747. The predicted molar refractivity (Wildman–Crippen MR) is 61.4 cm³/mol. The van der Waals surface area contributed by atoms with Crippen LogP contribution in [-0.4, -0.2) is 23.0 Å². The number of nitrogens with zero attached hydrogens (tertiary/aromatic N) is 1. The molecule has 0 bridgehead atoms. The summed E-state index contributed by atoms with van der Waals surface area (Å²) in [6.45, 7) is 0. The van der Waals surface area contributed by atoms with Crippen LogP contribution in [0.15, 0.2) is 27.5 Å². The lowest BCUT2D eigenvalue weighted by atomic mass is 10.3. The number of nitrogens with one attached hydrogen (secondary N) is 1. The highest BCUT2D eigenvalue weighted by molar-refractivity contribution is 9.10. The number of H-pyrrole nitrogens is 1. The number of aromatic nitrogens is 2. The van der Waals surface area contributed by atoms with E-state index in [4.69, 9.17) is 0 Å². The molecule has 0 aliphatic heterocycles. The van der Waals surface area contributed by atoms with Gasteiger partial charge in [-0.1, -0.05) is 15.9 Å². The number of benzene rings is 1. The Balaban J connectivity index is 2.74. The van der Waals surface area contributed by atoms with Crippen molar-refractivity contribution in [2.75, 3.05) is 7.11 Å². The maximum atomic E-state index is 11.5. The van der Waals surface area contributed by atoms with Crippen molar-refractivity contribution in [2.45, 2.75) is 0 Å². The van der Waals surface area contributed by atoms with Gasteiger partial charge in [-0.25, -0.2) is 9.78 Å². The SMILES string of the molecule is COC(=O)c1nc2cc(Br)ccc2[nH]c1=O. The summed E-state index contributed by atoms with van der Waals surface area (Å²) in [5, 5.41) is 0. The standard InChI is InChI=1S/C10H7BrN2O3/c1-16-10(15)8-9(14)13-6-3-2-5(11)4-7(6)12-8/h2-4H,1H3,(H,13,14). The molecule has 82 valence electrons. The smallest absolute Gasteiger partial charge is 0.362 e. The number of fused-ring (bicyclic) bond motifs is 1. The Hall–Kier alpha value is -1.69. The summed E-state index contributed by atoms with van der Waals surface area (Å²) in [5.74, 6) is -0.747. The van der Waals surface area contributed by atoms with E-state index in [2.05, 4.69) is 30.6 Å². The zero-order valence-electron chi connectivity index (χ0n) is 8.28. The largest absolute Gasteiger partial charge is 0.464 e. The third kappa shape index (κ3) is 1.83. The van der Waals surface area contributed by atoms with Gasteiger partial charge in [0.25, 0.3) is 5.56 Å². The Morgan fingerprint density at radius 1 is 1.50 bits per heavy atom. The maximum absolute atomic E-state index is 11.5. The van der Waals surface area contributed by atoms with Crippen LogP contribution in [0, 0.1) is 0 Å². The van der Waals surface area contributed by atoms with Crippen molar-refractivity contribution in [2.24, 2.45) is 0 Å². The summed E-state index contributed by atoms with van der Waals surface area (Å²) in [6, 6.07) is 5.18. The summed E-state index contributed by atoms with van der Waals surface area (Å²) in [7, 11) is 1.20. The van der Waals surface area contributed by atoms with Gasteiger partial charge < -0.3 is 9.72 Å². The first-order valence-electron chi connectivity index (χ1n) is 4.39. The highest BCUT2D eigenvalue weighted by atomic mass is 79.9. The van der Waals surface area contributed by atoms with Crippen molar-refractivity contribution in [3.8, 4) is 0 Å². The number of carbonyl (C=O) groups is 1. The molecule has 5 nitrogen and oxygen atoms in total. The van der Waals surface area contributed by atoms with Gasteiger partial charge >= 0.3 is 5.97 Å². The van der Waals surface area contributed by atoms with E-state index in [0.29, 0.717) is 11.0 Å². The van der Waals surface area contributed by atoms with Crippen LogP contribution in [0.25, 0.3) is 11.0 Å². The van der Waals surface area contributed by atoms with Crippen LogP contribution < -0.4 is 5.56 Å². The van der Waals surface area contributed by atoms with E-state index in [-0.39, 0.29) is 5.69 Å². The van der Waals surface area contributed by atoms with E-state index >= 15 is 0 Å². The molecule has 1 aromatic carbocycles. The van der Waals surface area contributed by atoms with Crippen LogP contribution in [0.1, 0.15) is 10.5 Å². The van der Waals surface area contributed by atoms with Gasteiger partial charge in [0.1, 0.15) is 0 Å². The number of methoxy groups -OCH3 is 1. The molecule has 0 unspecified atom stereocenters. The Morgan fingerprint density at radius 2 is 2.25 bits per heavy atom. The van der Waals surface area contributed by atoms with Gasteiger partial charge in [-0.05, 0) is 18.2 Å². The highest BCUT2D eigenvalue weighted by Crippen LogP contribution is 2.15. The number of hydrogen-bond donors (Lipinski definition) is 1. The normalized spacial score (nSPS) is 10.4. The summed E-state index contributed by atoms with van der Waals surface area (Å²) < 4.78 is 5.28. The highest BCUT2D eigenvalue weighted by Gasteiger charge is 2.13. The maximum Gasteiger partial charge on any atom is 0.362 e. The molecule has 6 heteroatoms. The molecule has 1 N–H and O–H groups in total. The second-order valence-electron chi connectivity index (χ2n) is 3.07. The van der Waals surface area contributed by atoms with Gasteiger partial charge in [0.15, 0.2) is 0 Å². The van der Waals surface area contributed by atoms with Crippen LogP contribution in [0.4, 0.5) is 0 Å². The predicted octanol–water partition coefficient (Wildman–Crippen LogP) is 1.47. The molecule has 0 amide bonds. The Kier molecular flexibility index (Phi) is 2.74. The fraction of sp³-hybridized carbons (Fsp3) is 0.100. The third-order valence-corrected chi connectivity index (χ3v) is 2.53. The second kappa shape index (κ2) is 4.05. The van der Waals surface area contributed by atoms with Crippen molar-refractivity contribution in [3.63, 3.8) is 0 Å². The van der Waals surface area contributed by atoms with Gasteiger partial charge in [0.05, 0.1) is 18.1 Å². The fourth-order valence-electron chi connectivity index (χ4n) is 1.29. The van der Waals surface area contributed by atoms with Crippen LogP contribution in [0.5, 0.6) is 0 Å². The number of rotatable bonds is 1. The lowest BCUT2D eigenvalue weighted by Gasteiger charge is -2.01. The van der Waals surface area contributed by atoms with E-state index in [9.17, 15) is 9.59 Å². The number of aromatic amines is 1. The molecule has 0 atom stereocenters. The molecule has 0 radical (unpaired) electrons. The molecule has 0 saturated heterocycles. The molecule has 0 aliphatic carbocycles. The molecule has 0 spiro atoms. The molecule has 2 aromatic rings. The van der Waals surface area contributed by atoms with Crippen molar-refractivity contribution in [1.29, 1.82) is 0 Å². The van der Waals surface area contributed by atoms with Gasteiger partial charge in [0.2, 0.25) is 5.69 Å². The van der Waals surface area contributed by atoms with E-state index in [1.165, 1.54) is 7.11 Å². The van der Waals surface area contributed by atoms with E-state index in [0.717, 1.165) is 4.47 Å².